The van der Waals surface area contributed by atoms with E-state index in [0.717, 1.165) is 31.2 Å². The van der Waals surface area contributed by atoms with E-state index in [1.165, 1.54) is 4.90 Å². The Morgan fingerprint density at radius 2 is 1.59 bits per heavy atom. The summed E-state index contributed by atoms with van der Waals surface area (Å²) in [6, 6.07) is 8.73. The van der Waals surface area contributed by atoms with E-state index in [4.69, 9.17) is 0 Å². The van der Waals surface area contributed by atoms with E-state index in [0.29, 0.717) is 6.54 Å². The van der Waals surface area contributed by atoms with E-state index in [-0.39, 0.29) is 11.3 Å². The summed E-state index contributed by atoms with van der Waals surface area (Å²) in [7, 11) is 0. The van der Waals surface area contributed by atoms with Crippen LogP contribution in [0.5, 0.6) is 0 Å². The monoisotopic (exact) mass is 445 g/mol. The van der Waals surface area contributed by atoms with Crippen molar-refractivity contribution in [2.75, 3.05) is 13.1 Å². The van der Waals surface area contributed by atoms with Crippen LogP contribution >= 0.6 is 0 Å². The number of nitrogens with zero attached hydrogens (tertiary/aromatic N) is 1. The van der Waals surface area contributed by atoms with Crippen molar-refractivity contribution in [3.05, 3.63) is 35.9 Å². The SMILES string of the molecule is CC(C)(C)NC(=O)NC(C(=O)N(CC(=O)O)CC1(c2ccccc2)CCCC1)C(C)(C)C. The molecule has 1 atom stereocenters. The minimum absolute atomic E-state index is 0.275. The van der Waals surface area contributed by atoms with Gasteiger partial charge in [-0.05, 0) is 44.6 Å². The van der Waals surface area contributed by atoms with Crippen molar-refractivity contribution in [1.29, 1.82) is 0 Å². The van der Waals surface area contributed by atoms with Crippen LogP contribution in [0.1, 0.15) is 72.8 Å². The van der Waals surface area contributed by atoms with Gasteiger partial charge in [0.05, 0.1) is 0 Å². The number of amides is 3. The number of urea groups is 1. The largest absolute Gasteiger partial charge is 0.480 e. The van der Waals surface area contributed by atoms with Crippen molar-refractivity contribution in [2.24, 2.45) is 5.41 Å². The number of rotatable bonds is 7. The predicted molar refractivity (Wildman–Crippen MR) is 125 cm³/mol. The minimum Gasteiger partial charge on any atom is -0.480 e. The molecule has 1 fully saturated rings. The molecule has 1 aliphatic rings. The molecule has 178 valence electrons. The lowest BCUT2D eigenvalue weighted by Gasteiger charge is -2.39. The molecule has 0 heterocycles. The molecule has 0 aliphatic heterocycles. The van der Waals surface area contributed by atoms with Gasteiger partial charge in [0.2, 0.25) is 5.91 Å². The standard InChI is InChI=1S/C25H39N3O4/c1-23(2,3)20(26-22(32)27-24(4,5)6)21(31)28(16-19(29)30)17-25(14-10-11-15-25)18-12-8-7-9-13-18/h7-9,12-13,20H,10-11,14-17H2,1-6H3,(H,29,30)(H2,26,27,32). The normalized spacial score (nSPS) is 16.8. The summed E-state index contributed by atoms with van der Waals surface area (Å²) < 4.78 is 0. The maximum atomic E-state index is 13.7. The van der Waals surface area contributed by atoms with E-state index >= 15 is 0 Å². The van der Waals surface area contributed by atoms with Crippen molar-refractivity contribution in [2.45, 2.75) is 84.2 Å². The second kappa shape index (κ2) is 9.92. The number of carboxylic acids is 1. The first-order chi connectivity index (χ1) is 14.7. The van der Waals surface area contributed by atoms with Gasteiger partial charge in [-0.2, -0.15) is 0 Å². The van der Waals surface area contributed by atoms with Crippen molar-refractivity contribution < 1.29 is 19.5 Å². The molecule has 1 saturated carbocycles. The smallest absolute Gasteiger partial charge is 0.323 e. The Balaban J connectivity index is 2.35. The quantitative estimate of drug-likeness (QED) is 0.592. The molecule has 1 aliphatic carbocycles. The summed E-state index contributed by atoms with van der Waals surface area (Å²) in [5.74, 6) is -1.43. The molecule has 3 N–H and O–H groups in total. The van der Waals surface area contributed by atoms with E-state index in [1.807, 2.05) is 59.7 Å². The molecule has 0 aromatic heterocycles. The predicted octanol–water partition coefficient (Wildman–Crippen LogP) is 3.92. The van der Waals surface area contributed by atoms with Gasteiger partial charge >= 0.3 is 12.0 Å². The molecule has 1 unspecified atom stereocenters. The molecule has 3 amide bonds. The highest BCUT2D eigenvalue weighted by atomic mass is 16.4. The molecule has 2 rings (SSSR count). The summed E-state index contributed by atoms with van der Waals surface area (Å²) >= 11 is 0. The second-order valence-electron chi connectivity index (χ2n) is 11.1. The van der Waals surface area contributed by atoms with Crippen LogP contribution in [0.4, 0.5) is 4.79 Å². The van der Waals surface area contributed by atoms with E-state index < -0.39 is 35.5 Å². The third kappa shape index (κ3) is 6.97. The molecule has 0 spiro atoms. The van der Waals surface area contributed by atoms with Gasteiger partial charge in [0.15, 0.2) is 0 Å². The Morgan fingerprint density at radius 3 is 2.06 bits per heavy atom. The van der Waals surface area contributed by atoms with Gasteiger partial charge in [0.1, 0.15) is 12.6 Å². The van der Waals surface area contributed by atoms with Gasteiger partial charge in [-0.1, -0.05) is 63.9 Å². The van der Waals surface area contributed by atoms with Gasteiger partial charge in [-0.3, -0.25) is 9.59 Å². The van der Waals surface area contributed by atoms with Crippen molar-refractivity contribution >= 4 is 17.9 Å². The first-order valence-corrected chi connectivity index (χ1v) is 11.4. The topological polar surface area (TPSA) is 98.7 Å². The van der Waals surface area contributed by atoms with Gasteiger partial charge in [0.25, 0.3) is 0 Å². The fraction of sp³-hybridized carbons (Fsp3) is 0.640. The van der Waals surface area contributed by atoms with Crippen molar-refractivity contribution in [1.82, 2.24) is 15.5 Å². The number of hydrogen-bond acceptors (Lipinski definition) is 3. The zero-order valence-corrected chi connectivity index (χ0v) is 20.3. The maximum Gasteiger partial charge on any atom is 0.323 e. The third-order valence-corrected chi connectivity index (χ3v) is 5.96. The molecule has 0 radical (unpaired) electrons. The van der Waals surface area contributed by atoms with Crippen LogP contribution in [0.3, 0.4) is 0 Å². The van der Waals surface area contributed by atoms with Crippen LogP contribution in [0, 0.1) is 5.41 Å². The van der Waals surface area contributed by atoms with Gasteiger partial charge in [-0.25, -0.2) is 4.79 Å². The number of benzene rings is 1. The number of carboxylic acid groups (broad SMARTS) is 1. The summed E-state index contributed by atoms with van der Waals surface area (Å²) in [4.78, 5) is 39.4. The van der Waals surface area contributed by atoms with E-state index in [1.54, 1.807) is 0 Å². The minimum atomic E-state index is -1.06. The summed E-state index contributed by atoms with van der Waals surface area (Å²) in [5.41, 5.74) is -0.204. The second-order valence-corrected chi connectivity index (χ2v) is 11.1. The third-order valence-electron chi connectivity index (χ3n) is 5.96. The molecule has 1 aromatic rings. The highest BCUT2D eigenvalue weighted by Gasteiger charge is 2.42. The first kappa shape index (κ1) is 25.7. The van der Waals surface area contributed by atoms with Gasteiger partial charge in [0, 0.05) is 17.5 Å². The molecule has 0 saturated heterocycles. The van der Waals surface area contributed by atoms with Crippen LogP contribution in [0.15, 0.2) is 30.3 Å². The number of nitrogens with one attached hydrogen (secondary N) is 2. The zero-order valence-electron chi connectivity index (χ0n) is 20.3. The lowest BCUT2D eigenvalue weighted by Crippen LogP contribution is -2.60. The summed E-state index contributed by atoms with van der Waals surface area (Å²) in [6.45, 7) is 11.1. The lowest BCUT2D eigenvalue weighted by atomic mass is 9.77. The Kier molecular flexibility index (Phi) is 7.97. The molecule has 7 heteroatoms. The average Bonchev–Trinajstić information content (AvgIpc) is 3.13. The Hall–Kier alpha value is -2.57. The Bertz CT molecular complexity index is 803. The lowest BCUT2D eigenvalue weighted by molar-refractivity contribution is -0.147. The van der Waals surface area contributed by atoms with Crippen molar-refractivity contribution in [3.8, 4) is 0 Å². The molecular weight excluding hydrogens is 406 g/mol. The Labute approximate surface area is 191 Å². The fourth-order valence-electron chi connectivity index (χ4n) is 4.46. The zero-order chi connectivity index (χ0) is 24.2. The van der Waals surface area contributed by atoms with Gasteiger partial charge < -0.3 is 20.6 Å². The van der Waals surface area contributed by atoms with Crippen LogP contribution in [-0.2, 0) is 15.0 Å². The van der Waals surface area contributed by atoms with Crippen LogP contribution in [-0.4, -0.2) is 52.6 Å². The summed E-state index contributed by atoms with van der Waals surface area (Å²) in [5, 5.41) is 15.2. The molecule has 1 aromatic carbocycles. The van der Waals surface area contributed by atoms with Crippen molar-refractivity contribution in [3.63, 3.8) is 0 Å². The number of hydrogen-bond donors (Lipinski definition) is 3. The number of aliphatic carboxylic acids is 1. The summed E-state index contributed by atoms with van der Waals surface area (Å²) in [6.07, 6.45) is 3.88. The van der Waals surface area contributed by atoms with Crippen LogP contribution in [0.25, 0.3) is 0 Å². The molecule has 0 bridgehead atoms. The molecule has 7 nitrogen and oxygen atoms in total. The van der Waals surface area contributed by atoms with E-state index in [2.05, 4.69) is 22.8 Å². The van der Waals surface area contributed by atoms with Crippen LogP contribution < -0.4 is 10.6 Å². The number of carbonyl (C=O) groups excluding carboxylic acids is 2. The average molecular weight is 446 g/mol. The molecular formula is C25H39N3O4. The fourth-order valence-corrected chi connectivity index (χ4v) is 4.46. The highest BCUT2D eigenvalue weighted by molar-refractivity contribution is 5.90. The molecule has 32 heavy (non-hydrogen) atoms. The first-order valence-electron chi connectivity index (χ1n) is 11.4. The number of carbonyl (C=O) groups is 3. The van der Waals surface area contributed by atoms with Crippen LogP contribution in [0.2, 0.25) is 0 Å². The van der Waals surface area contributed by atoms with Gasteiger partial charge in [-0.15, -0.1) is 0 Å². The maximum absolute atomic E-state index is 13.7. The Morgan fingerprint density at radius 1 is 1.03 bits per heavy atom. The van der Waals surface area contributed by atoms with E-state index in [9.17, 15) is 19.5 Å². The highest BCUT2D eigenvalue weighted by Crippen LogP contribution is 2.42.